The van der Waals surface area contributed by atoms with E-state index >= 15 is 0 Å². The molecule has 0 saturated heterocycles. The maximum atomic E-state index is 13.4. The van der Waals surface area contributed by atoms with Gasteiger partial charge in [-0.15, -0.1) is 11.6 Å². The highest BCUT2D eigenvalue weighted by Gasteiger charge is 2.12. The van der Waals surface area contributed by atoms with Gasteiger partial charge in [-0.1, -0.05) is 13.8 Å². The van der Waals surface area contributed by atoms with Gasteiger partial charge in [0.15, 0.2) is 0 Å². The Kier molecular flexibility index (Phi) is 4.30. The zero-order valence-electron chi connectivity index (χ0n) is 9.60. The van der Waals surface area contributed by atoms with Crippen molar-refractivity contribution in [2.75, 3.05) is 11.2 Å². The normalized spacial score (nSPS) is 10.6. The van der Waals surface area contributed by atoms with Crippen LogP contribution in [0.2, 0.25) is 0 Å². The number of halogens is 2. The van der Waals surface area contributed by atoms with E-state index in [1.165, 1.54) is 6.07 Å². The predicted molar refractivity (Wildman–Crippen MR) is 64.6 cm³/mol. The number of alkyl halides is 1. The third-order valence-electron chi connectivity index (χ3n) is 2.35. The largest absolute Gasteiger partial charge is 0.325 e. The molecule has 0 bridgehead atoms. The molecule has 1 rings (SSSR count). The minimum absolute atomic E-state index is 0.103. The third-order valence-corrected chi connectivity index (χ3v) is 2.59. The molecule has 0 radical (unpaired) electrons. The summed E-state index contributed by atoms with van der Waals surface area (Å²) in [6, 6.07) is 3.10. The van der Waals surface area contributed by atoms with Crippen LogP contribution in [-0.4, -0.2) is 11.8 Å². The first-order valence-corrected chi connectivity index (χ1v) is 5.65. The Morgan fingerprint density at radius 1 is 1.50 bits per heavy atom. The molecule has 88 valence electrons. The molecule has 1 aromatic carbocycles. The Balaban J connectivity index is 3.14. The summed E-state index contributed by atoms with van der Waals surface area (Å²) in [5.74, 6) is -0.503. The van der Waals surface area contributed by atoms with Crippen LogP contribution in [0.1, 0.15) is 30.9 Å². The van der Waals surface area contributed by atoms with Crippen molar-refractivity contribution in [3.63, 3.8) is 0 Å². The molecule has 16 heavy (non-hydrogen) atoms. The maximum Gasteiger partial charge on any atom is 0.239 e. The number of hydrogen-bond donors (Lipinski definition) is 1. The number of carbonyl (C=O) groups is 1. The van der Waals surface area contributed by atoms with E-state index in [0.717, 1.165) is 5.56 Å². The monoisotopic (exact) mass is 243 g/mol. The topological polar surface area (TPSA) is 29.1 Å². The van der Waals surface area contributed by atoms with E-state index in [-0.39, 0.29) is 23.5 Å². The molecule has 0 unspecified atom stereocenters. The molecule has 0 saturated carbocycles. The number of benzene rings is 1. The molecule has 4 heteroatoms. The minimum Gasteiger partial charge on any atom is -0.325 e. The van der Waals surface area contributed by atoms with Gasteiger partial charge in [0.2, 0.25) is 5.91 Å². The average molecular weight is 244 g/mol. The Bertz CT molecular complexity index is 404. The maximum absolute atomic E-state index is 13.4. The summed E-state index contributed by atoms with van der Waals surface area (Å²) >= 11 is 5.42. The van der Waals surface area contributed by atoms with Gasteiger partial charge in [0.05, 0.1) is 0 Å². The Morgan fingerprint density at radius 3 is 2.62 bits per heavy atom. The molecule has 1 aromatic rings. The summed E-state index contributed by atoms with van der Waals surface area (Å²) in [6.45, 7) is 5.55. The number of rotatable bonds is 3. The van der Waals surface area contributed by atoms with Crippen LogP contribution in [0.3, 0.4) is 0 Å². The second-order valence-electron chi connectivity index (χ2n) is 4.03. The fourth-order valence-electron chi connectivity index (χ4n) is 1.47. The summed E-state index contributed by atoms with van der Waals surface area (Å²) in [4.78, 5) is 11.2. The second-order valence-corrected chi connectivity index (χ2v) is 4.29. The van der Waals surface area contributed by atoms with Crippen molar-refractivity contribution < 1.29 is 9.18 Å². The summed E-state index contributed by atoms with van der Waals surface area (Å²) in [7, 11) is 0. The molecular weight excluding hydrogens is 229 g/mol. The van der Waals surface area contributed by atoms with Gasteiger partial charge in [0.1, 0.15) is 11.7 Å². The van der Waals surface area contributed by atoms with E-state index in [9.17, 15) is 9.18 Å². The quantitative estimate of drug-likeness (QED) is 0.810. The van der Waals surface area contributed by atoms with Crippen LogP contribution < -0.4 is 5.32 Å². The van der Waals surface area contributed by atoms with Gasteiger partial charge in [-0.3, -0.25) is 4.79 Å². The highest BCUT2D eigenvalue weighted by atomic mass is 35.5. The van der Waals surface area contributed by atoms with Gasteiger partial charge in [-0.2, -0.15) is 0 Å². The van der Waals surface area contributed by atoms with Crippen LogP contribution in [0, 0.1) is 12.7 Å². The van der Waals surface area contributed by atoms with Gasteiger partial charge in [0, 0.05) is 5.69 Å². The lowest BCUT2D eigenvalue weighted by molar-refractivity contribution is -0.113. The standard InChI is InChI=1S/C12H15ClFNO/c1-7(2)9-5-10(14)8(3)4-11(9)15-12(16)6-13/h4-5,7H,6H2,1-3H3,(H,15,16). The molecule has 0 fully saturated rings. The number of hydrogen-bond acceptors (Lipinski definition) is 1. The number of anilines is 1. The first-order valence-electron chi connectivity index (χ1n) is 5.11. The minimum atomic E-state index is -0.283. The van der Waals surface area contributed by atoms with E-state index in [4.69, 9.17) is 11.6 Å². The molecule has 0 aliphatic rings. The Hall–Kier alpha value is -1.09. The Labute approximate surface area is 99.8 Å². The van der Waals surface area contributed by atoms with Crippen LogP contribution in [-0.2, 0) is 4.79 Å². The van der Waals surface area contributed by atoms with Gasteiger partial charge < -0.3 is 5.32 Å². The zero-order chi connectivity index (χ0) is 12.3. The smallest absolute Gasteiger partial charge is 0.239 e. The first-order chi connectivity index (χ1) is 7.45. The molecular formula is C12H15ClFNO. The van der Waals surface area contributed by atoms with Gasteiger partial charge in [-0.05, 0) is 36.1 Å². The molecule has 0 aliphatic carbocycles. The molecule has 2 nitrogen and oxygen atoms in total. The van der Waals surface area contributed by atoms with Gasteiger partial charge >= 0.3 is 0 Å². The van der Waals surface area contributed by atoms with Crippen LogP contribution >= 0.6 is 11.6 Å². The van der Waals surface area contributed by atoms with Gasteiger partial charge in [0.25, 0.3) is 0 Å². The molecule has 0 spiro atoms. The Morgan fingerprint density at radius 2 is 2.12 bits per heavy atom. The van der Waals surface area contributed by atoms with Crippen molar-refractivity contribution in [3.8, 4) is 0 Å². The van der Waals surface area contributed by atoms with Crippen molar-refractivity contribution in [1.82, 2.24) is 0 Å². The molecule has 0 atom stereocenters. The van der Waals surface area contributed by atoms with Crippen molar-refractivity contribution in [1.29, 1.82) is 0 Å². The van der Waals surface area contributed by atoms with E-state index in [1.54, 1.807) is 13.0 Å². The molecule has 0 aromatic heterocycles. The predicted octanol–water partition coefficient (Wildman–Crippen LogP) is 3.43. The van der Waals surface area contributed by atoms with E-state index in [2.05, 4.69) is 5.32 Å². The number of nitrogens with one attached hydrogen (secondary N) is 1. The summed E-state index contributed by atoms with van der Waals surface area (Å²) in [5, 5.41) is 2.67. The first kappa shape index (κ1) is 13.0. The average Bonchev–Trinajstić information content (AvgIpc) is 2.22. The van der Waals surface area contributed by atoms with Crippen molar-refractivity contribution in [2.24, 2.45) is 0 Å². The molecule has 1 amide bonds. The highest BCUT2D eigenvalue weighted by Crippen LogP contribution is 2.27. The van der Waals surface area contributed by atoms with Gasteiger partial charge in [-0.25, -0.2) is 4.39 Å². The van der Waals surface area contributed by atoms with E-state index < -0.39 is 0 Å². The fraction of sp³-hybridized carbons (Fsp3) is 0.417. The van der Waals surface area contributed by atoms with Crippen molar-refractivity contribution in [2.45, 2.75) is 26.7 Å². The second kappa shape index (κ2) is 5.30. The molecule has 0 aliphatic heterocycles. The van der Waals surface area contributed by atoms with Crippen LogP contribution in [0.5, 0.6) is 0 Å². The summed E-state index contributed by atoms with van der Waals surface area (Å²) in [5.41, 5.74) is 1.93. The zero-order valence-corrected chi connectivity index (χ0v) is 10.4. The highest BCUT2D eigenvalue weighted by molar-refractivity contribution is 6.29. The molecule has 0 heterocycles. The van der Waals surface area contributed by atoms with Crippen molar-refractivity contribution in [3.05, 3.63) is 29.1 Å². The van der Waals surface area contributed by atoms with Crippen LogP contribution in [0.25, 0.3) is 0 Å². The van der Waals surface area contributed by atoms with Crippen LogP contribution in [0.4, 0.5) is 10.1 Å². The lowest BCUT2D eigenvalue weighted by atomic mass is 9.99. The fourth-order valence-corrected chi connectivity index (χ4v) is 1.53. The lowest BCUT2D eigenvalue weighted by Gasteiger charge is -2.14. The third kappa shape index (κ3) is 2.95. The summed E-state index contributed by atoms with van der Waals surface area (Å²) in [6.07, 6.45) is 0. The van der Waals surface area contributed by atoms with E-state index in [1.807, 2.05) is 13.8 Å². The number of amides is 1. The van der Waals surface area contributed by atoms with Crippen LogP contribution in [0.15, 0.2) is 12.1 Å². The lowest BCUT2D eigenvalue weighted by Crippen LogP contribution is -2.15. The SMILES string of the molecule is Cc1cc(NC(=O)CCl)c(C(C)C)cc1F. The number of carbonyl (C=O) groups excluding carboxylic acids is 1. The summed E-state index contributed by atoms with van der Waals surface area (Å²) < 4.78 is 13.4. The number of aryl methyl sites for hydroxylation is 1. The molecule has 1 N–H and O–H groups in total. The van der Waals surface area contributed by atoms with Crippen molar-refractivity contribution >= 4 is 23.2 Å². The van der Waals surface area contributed by atoms with E-state index in [0.29, 0.717) is 11.3 Å².